The van der Waals surface area contributed by atoms with E-state index in [1.54, 1.807) is 0 Å². The number of anilines is 1. The quantitative estimate of drug-likeness (QED) is 0.290. The lowest BCUT2D eigenvalue weighted by atomic mass is 10.0. The molecule has 168 valence electrons. The first kappa shape index (κ1) is 22.9. The first-order chi connectivity index (χ1) is 15.9. The zero-order chi connectivity index (χ0) is 23.4. The number of amides is 1. The Balaban J connectivity index is 1.64. The van der Waals surface area contributed by atoms with Gasteiger partial charge in [-0.15, -0.1) is 0 Å². The van der Waals surface area contributed by atoms with Crippen LogP contribution >= 0.6 is 11.8 Å². The van der Waals surface area contributed by atoms with Crippen LogP contribution < -0.4 is 5.32 Å². The van der Waals surface area contributed by atoms with Crippen LogP contribution in [0.15, 0.2) is 78.0 Å². The monoisotopic (exact) mass is 455 g/mol. The summed E-state index contributed by atoms with van der Waals surface area (Å²) in [5.74, 6) is -0.0121. The van der Waals surface area contributed by atoms with Crippen LogP contribution in [0.5, 0.6) is 0 Å². The van der Waals surface area contributed by atoms with Crippen LogP contribution in [0.1, 0.15) is 30.0 Å². The molecule has 5 heteroatoms. The molecule has 1 aromatic heterocycles. The fraction of sp³-hybridized carbons (Fsp3) is 0.214. The van der Waals surface area contributed by atoms with Gasteiger partial charge in [-0.25, -0.2) is 4.98 Å². The lowest BCUT2D eigenvalue weighted by Gasteiger charge is -2.14. The number of imidazole rings is 1. The maximum absolute atomic E-state index is 13.0. The number of benzene rings is 3. The van der Waals surface area contributed by atoms with Gasteiger partial charge in [0.1, 0.15) is 0 Å². The van der Waals surface area contributed by atoms with Crippen LogP contribution in [0.3, 0.4) is 0 Å². The average molecular weight is 456 g/mol. The number of carbonyl (C=O) groups excluding carboxylic acids is 1. The van der Waals surface area contributed by atoms with E-state index in [9.17, 15) is 4.79 Å². The molecular weight excluding hydrogens is 426 g/mol. The van der Waals surface area contributed by atoms with Crippen LogP contribution in [0.25, 0.3) is 22.5 Å². The second-order valence-corrected chi connectivity index (χ2v) is 9.51. The summed E-state index contributed by atoms with van der Waals surface area (Å²) < 4.78 is 0. The second kappa shape index (κ2) is 10.1. The van der Waals surface area contributed by atoms with Gasteiger partial charge in [-0.2, -0.15) is 0 Å². The second-order valence-electron chi connectivity index (χ2n) is 8.32. The van der Waals surface area contributed by atoms with Crippen molar-refractivity contribution in [1.29, 1.82) is 0 Å². The van der Waals surface area contributed by atoms with Gasteiger partial charge in [-0.1, -0.05) is 96.5 Å². The van der Waals surface area contributed by atoms with Crippen molar-refractivity contribution in [3.63, 3.8) is 0 Å². The molecule has 1 amide bonds. The molecule has 0 aliphatic rings. The normalized spacial score (nSPS) is 11.9. The van der Waals surface area contributed by atoms with Crippen molar-refractivity contribution in [2.75, 3.05) is 5.32 Å². The van der Waals surface area contributed by atoms with Gasteiger partial charge in [-0.3, -0.25) is 4.79 Å². The topological polar surface area (TPSA) is 57.8 Å². The summed E-state index contributed by atoms with van der Waals surface area (Å²) in [4.78, 5) is 21.5. The highest BCUT2D eigenvalue weighted by Crippen LogP contribution is 2.35. The summed E-state index contributed by atoms with van der Waals surface area (Å²) in [5.41, 5.74) is 8.31. The minimum absolute atomic E-state index is 0.0121. The molecule has 4 aromatic rings. The smallest absolute Gasteiger partial charge is 0.237 e. The lowest BCUT2D eigenvalue weighted by Crippen LogP contribution is -2.25. The van der Waals surface area contributed by atoms with E-state index < -0.39 is 0 Å². The number of aryl methyl sites for hydroxylation is 3. The molecule has 0 bridgehead atoms. The van der Waals surface area contributed by atoms with E-state index >= 15 is 0 Å². The van der Waals surface area contributed by atoms with E-state index in [1.165, 1.54) is 22.9 Å². The SMILES string of the molecule is CCC(Sc1nc(-c2ccc(C)cc2)c(-c2ccc(C)cc2)[nH]1)C(=O)Nc1ccccc1C. The number of nitrogens with one attached hydrogen (secondary N) is 2. The van der Waals surface area contributed by atoms with Crippen molar-refractivity contribution >= 4 is 23.4 Å². The molecule has 1 atom stereocenters. The molecule has 1 heterocycles. The number of carbonyl (C=O) groups is 1. The maximum Gasteiger partial charge on any atom is 0.237 e. The minimum Gasteiger partial charge on any atom is -0.332 e. The predicted molar refractivity (Wildman–Crippen MR) is 139 cm³/mol. The minimum atomic E-state index is -0.257. The summed E-state index contributed by atoms with van der Waals surface area (Å²) in [6.07, 6.45) is 0.697. The van der Waals surface area contributed by atoms with Gasteiger partial charge >= 0.3 is 0 Å². The van der Waals surface area contributed by atoms with Gasteiger partial charge in [0.2, 0.25) is 5.91 Å². The number of aromatic amines is 1. The number of H-pyrrole nitrogens is 1. The highest BCUT2D eigenvalue weighted by atomic mass is 32.2. The molecule has 0 radical (unpaired) electrons. The van der Waals surface area contributed by atoms with Crippen molar-refractivity contribution < 1.29 is 4.79 Å². The number of hydrogen-bond acceptors (Lipinski definition) is 3. The van der Waals surface area contributed by atoms with Gasteiger partial charge in [0.15, 0.2) is 5.16 Å². The fourth-order valence-corrected chi connectivity index (χ4v) is 4.55. The highest BCUT2D eigenvalue weighted by molar-refractivity contribution is 8.00. The molecule has 2 N–H and O–H groups in total. The molecule has 4 rings (SSSR count). The molecule has 3 aromatic carbocycles. The average Bonchev–Trinajstić information content (AvgIpc) is 3.23. The number of para-hydroxylation sites is 1. The fourth-order valence-electron chi connectivity index (χ4n) is 3.64. The Bertz CT molecular complexity index is 1180. The predicted octanol–water partition coefficient (Wildman–Crippen LogP) is 7.18. The number of nitrogens with zero attached hydrogens (tertiary/aromatic N) is 1. The van der Waals surface area contributed by atoms with Crippen LogP contribution in [0.4, 0.5) is 5.69 Å². The maximum atomic E-state index is 13.0. The van der Waals surface area contributed by atoms with Gasteiger partial charge in [-0.05, 0) is 38.8 Å². The molecule has 0 saturated carbocycles. The molecule has 4 nitrogen and oxygen atoms in total. The molecule has 0 aliphatic heterocycles. The first-order valence-corrected chi connectivity index (χ1v) is 12.1. The number of rotatable bonds is 7. The Morgan fingerprint density at radius 2 is 1.52 bits per heavy atom. The molecule has 0 spiro atoms. The lowest BCUT2D eigenvalue weighted by molar-refractivity contribution is -0.115. The Morgan fingerprint density at radius 1 is 0.909 bits per heavy atom. The summed E-state index contributed by atoms with van der Waals surface area (Å²) >= 11 is 1.47. The van der Waals surface area contributed by atoms with E-state index in [-0.39, 0.29) is 11.2 Å². The highest BCUT2D eigenvalue weighted by Gasteiger charge is 2.22. The zero-order valence-electron chi connectivity index (χ0n) is 19.5. The summed E-state index contributed by atoms with van der Waals surface area (Å²) in [6, 6.07) is 24.7. The first-order valence-electron chi connectivity index (χ1n) is 11.2. The summed E-state index contributed by atoms with van der Waals surface area (Å²) in [6.45, 7) is 8.19. The molecule has 0 aliphatic carbocycles. The third-order valence-corrected chi connectivity index (χ3v) is 6.92. The number of hydrogen-bond donors (Lipinski definition) is 2. The van der Waals surface area contributed by atoms with E-state index in [2.05, 4.69) is 72.7 Å². The molecule has 0 fully saturated rings. The van der Waals surface area contributed by atoms with Crippen LogP contribution in [0.2, 0.25) is 0 Å². The number of thioether (sulfide) groups is 1. The Hall–Kier alpha value is -3.31. The van der Waals surface area contributed by atoms with Gasteiger partial charge in [0.05, 0.1) is 16.6 Å². The molecular formula is C28H29N3OS. The molecule has 0 saturated heterocycles. The van der Waals surface area contributed by atoms with E-state index in [0.29, 0.717) is 6.42 Å². The van der Waals surface area contributed by atoms with Crippen molar-refractivity contribution in [1.82, 2.24) is 9.97 Å². The largest absolute Gasteiger partial charge is 0.332 e. The third kappa shape index (κ3) is 5.37. The van der Waals surface area contributed by atoms with Gasteiger partial charge in [0.25, 0.3) is 0 Å². The summed E-state index contributed by atoms with van der Waals surface area (Å²) in [7, 11) is 0. The van der Waals surface area contributed by atoms with Gasteiger partial charge < -0.3 is 10.3 Å². The third-order valence-electron chi connectivity index (χ3n) is 5.67. The standard InChI is InChI=1S/C28H29N3OS/c1-5-24(27(32)29-23-9-7-6-8-20(23)4)33-28-30-25(21-14-10-18(2)11-15-21)26(31-28)22-16-12-19(3)13-17-22/h6-17,24H,5H2,1-4H3,(H,29,32)(H,30,31). The Labute approximate surface area is 199 Å². The van der Waals surface area contributed by atoms with Crippen molar-refractivity contribution in [2.24, 2.45) is 0 Å². The number of aromatic nitrogens is 2. The van der Waals surface area contributed by atoms with E-state index in [4.69, 9.17) is 4.98 Å². The van der Waals surface area contributed by atoms with Crippen molar-refractivity contribution in [3.05, 3.63) is 89.5 Å². The van der Waals surface area contributed by atoms with Crippen LogP contribution in [-0.4, -0.2) is 21.1 Å². The van der Waals surface area contributed by atoms with Crippen molar-refractivity contribution in [2.45, 2.75) is 44.5 Å². The van der Waals surface area contributed by atoms with Crippen molar-refractivity contribution in [3.8, 4) is 22.5 Å². The molecule has 1 unspecified atom stereocenters. The van der Waals surface area contributed by atoms with E-state index in [1.807, 2.05) is 38.1 Å². The van der Waals surface area contributed by atoms with E-state index in [0.717, 1.165) is 38.9 Å². The Morgan fingerprint density at radius 3 is 2.12 bits per heavy atom. The zero-order valence-corrected chi connectivity index (χ0v) is 20.3. The van der Waals surface area contributed by atoms with Crippen LogP contribution in [0, 0.1) is 20.8 Å². The van der Waals surface area contributed by atoms with Crippen LogP contribution in [-0.2, 0) is 4.79 Å². The summed E-state index contributed by atoms with van der Waals surface area (Å²) in [5, 5.41) is 3.56. The Kier molecular flexibility index (Phi) is 6.99. The van der Waals surface area contributed by atoms with Gasteiger partial charge in [0, 0.05) is 16.8 Å². The molecule has 33 heavy (non-hydrogen) atoms.